The Hall–Kier alpha value is -7.54. The number of piperidine rings is 1. The van der Waals surface area contributed by atoms with Crippen LogP contribution in [0.25, 0.3) is 43.2 Å². The van der Waals surface area contributed by atoms with Gasteiger partial charge in [-0.1, -0.05) is 87.5 Å². The zero-order valence-corrected chi connectivity index (χ0v) is 48.5. The number of benzene rings is 4. The van der Waals surface area contributed by atoms with E-state index in [9.17, 15) is 29.9 Å². The third-order valence-corrected chi connectivity index (χ3v) is 17.3. The minimum Gasteiger partial charge on any atom is -0.508 e. The van der Waals surface area contributed by atoms with Crippen LogP contribution >= 0.6 is 22.9 Å². The van der Waals surface area contributed by atoms with Crippen molar-refractivity contribution < 1.29 is 47.7 Å². The van der Waals surface area contributed by atoms with E-state index in [1.54, 1.807) is 34.4 Å². The number of phenolic OH excluding ortho intramolecular Hbond substituents is 1. The average molecular weight is 1170 g/mol. The lowest BCUT2D eigenvalue weighted by Gasteiger charge is -2.41. The molecule has 18 nitrogen and oxygen atoms in total. The fraction of sp³-hybridized carbons (Fsp3) is 0.419. The topological polar surface area (TPSA) is 221 Å². The van der Waals surface area contributed by atoms with Crippen molar-refractivity contribution in [2.45, 2.75) is 95.9 Å². The highest BCUT2D eigenvalue weighted by Crippen LogP contribution is 2.43. The van der Waals surface area contributed by atoms with E-state index in [0.29, 0.717) is 46.4 Å². The van der Waals surface area contributed by atoms with E-state index in [0.717, 1.165) is 47.6 Å². The number of nitrogens with zero attached hydrogens (tertiary/aromatic N) is 9. The van der Waals surface area contributed by atoms with Gasteiger partial charge in [-0.15, -0.1) is 11.3 Å². The minimum absolute atomic E-state index is 0.0220. The molecule has 83 heavy (non-hydrogen) atoms. The molecule has 3 aliphatic heterocycles. The van der Waals surface area contributed by atoms with Crippen LogP contribution in [0.15, 0.2) is 95.5 Å². The molecule has 2 amide bonds. The number of Topliss-reactive ketones (excluding diaryl/α,β-unsaturated/α-hetero) is 1. The van der Waals surface area contributed by atoms with Crippen molar-refractivity contribution in [2.24, 2.45) is 5.92 Å². The predicted molar refractivity (Wildman–Crippen MR) is 314 cm³/mol. The molecule has 0 unspecified atom stereocenters. The summed E-state index contributed by atoms with van der Waals surface area (Å²) in [6, 6.07) is 22.6. The Morgan fingerprint density at radius 3 is 2.48 bits per heavy atom. The standard InChI is InChI=1S/C62H67ClFN9O9S/c1-6-54(77)72-22-21-71(33-42(72)15-18-65)60-48-31-49(63)56(47-29-43(74)28-41-9-7-8-10-46(41)47)57(64)58(48)67-62(68-60)81-24-23-70-19-16-45(17-20-70)79-25-26-80-53-32-52(82-69-53)55(36(2)3)61(78)73-34-44(75)30-50(73)51(76)27-37(4)39-11-13-40(14-12-39)59-38(5)66-35-83-59/h6-14,28-29,31-32,35-37,42,44-45,50,55,74-75H,1,15-17,19-27,30,33-34H2,2-5H3/t37-,42+,44-,50+,55+/m1/s1. The van der Waals surface area contributed by atoms with Crippen molar-refractivity contribution in [3.63, 3.8) is 0 Å². The van der Waals surface area contributed by atoms with E-state index >= 15 is 4.39 Å². The first-order valence-corrected chi connectivity index (χ1v) is 29.4. The van der Waals surface area contributed by atoms with Crippen LogP contribution in [-0.4, -0.2) is 153 Å². The van der Waals surface area contributed by atoms with Crippen molar-refractivity contribution in [3.8, 4) is 45.3 Å². The number of carbonyl (C=O) groups is 3. The number of ketones is 1. The van der Waals surface area contributed by atoms with E-state index in [1.165, 1.54) is 17.0 Å². The van der Waals surface area contributed by atoms with Crippen LogP contribution in [0.1, 0.15) is 81.7 Å². The van der Waals surface area contributed by atoms with Crippen LogP contribution < -0.4 is 14.4 Å². The van der Waals surface area contributed by atoms with Gasteiger partial charge in [0.25, 0.3) is 5.88 Å². The van der Waals surface area contributed by atoms with Crippen LogP contribution in [0.5, 0.6) is 17.6 Å². The Bertz CT molecular complexity index is 3550. The Morgan fingerprint density at radius 2 is 1.75 bits per heavy atom. The number of thiazole rings is 1. The second-order valence-corrected chi connectivity index (χ2v) is 23.2. The second-order valence-electron chi connectivity index (χ2n) is 21.9. The Morgan fingerprint density at radius 1 is 0.964 bits per heavy atom. The summed E-state index contributed by atoms with van der Waals surface area (Å²) >= 11 is 8.54. The number of piperazine rings is 1. The molecule has 0 aliphatic carbocycles. The number of hydrogen-bond acceptors (Lipinski definition) is 17. The maximum Gasteiger partial charge on any atom is 0.319 e. The van der Waals surface area contributed by atoms with E-state index in [2.05, 4.69) is 32.7 Å². The van der Waals surface area contributed by atoms with Crippen molar-refractivity contribution in [2.75, 3.05) is 70.5 Å². The first-order valence-electron chi connectivity index (χ1n) is 28.1. The molecule has 4 aromatic carbocycles. The number of aromatic nitrogens is 4. The van der Waals surface area contributed by atoms with Crippen molar-refractivity contribution >= 4 is 68.0 Å². The third kappa shape index (κ3) is 13.0. The average Bonchev–Trinajstić information content (AvgIpc) is 4.00. The molecule has 2 N–H and O–H groups in total. The number of anilines is 1. The van der Waals surface area contributed by atoms with Gasteiger partial charge < -0.3 is 43.6 Å². The zero-order valence-electron chi connectivity index (χ0n) is 46.9. The summed E-state index contributed by atoms with van der Waals surface area (Å²) in [6.45, 7) is 14.9. The fourth-order valence-corrected chi connectivity index (χ4v) is 12.8. The number of fused-ring (bicyclic) bond motifs is 2. The van der Waals surface area contributed by atoms with Crippen molar-refractivity contribution in [3.05, 3.63) is 119 Å². The van der Waals surface area contributed by atoms with Gasteiger partial charge in [-0.3, -0.25) is 19.3 Å². The number of aryl methyl sites for hydroxylation is 1. The summed E-state index contributed by atoms with van der Waals surface area (Å²) in [5.74, 6) is -1.67. The highest BCUT2D eigenvalue weighted by atomic mass is 35.5. The van der Waals surface area contributed by atoms with Gasteiger partial charge >= 0.3 is 6.01 Å². The molecule has 6 heterocycles. The zero-order chi connectivity index (χ0) is 58.5. The summed E-state index contributed by atoms with van der Waals surface area (Å²) in [5, 5.41) is 37.1. The number of carbonyl (C=O) groups excluding carboxylic acids is 3. The molecule has 0 spiro atoms. The molecular weight excluding hydrogens is 1100 g/mol. The molecule has 3 aromatic heterocycles. The summed E-state index contributed by atoms with van der Waals surface area (Å²) in [5.41, 5.74) is 5.31. The van der Waals surface area contributed by atoms with Gasteiger partial charge in [0.1, 0.15) is 36.2 Å². The number of nitriles is 1. The summed E-state index contributed by atoms with van der Waals surface area (Å²) in [4.78, 5) is 63.1. The molecule has 5 atom stereocenters. The summed E-state index contributed by atoms with van der Waals surface area (Å²) < 4.78 is 41.3. The van der Waals surface area contributed by atoms with Crippen LogP contribution in [0.2, 0.25) is 5.02 Å². The largest absolute Gasteiger partial charge is 0.508 e. The van der Waals surface area contributed by atoms with Crippen molar-refractivity contribution in [1.29, 1.82) is 5.26 Å². The van der Waals surface area contributed by atoms with Crippen molar-refractivity contribution in [1.82, 2.24) is 34.8 Å². The number of hydrogen-bond donors (Lipinski definition) is 2. The number of aliphatic hydroxyl groups excluding tert-OH is 1. The highest BCUT2D eigenvalue weighted by molar-refractivity contribution is 7.13. The Balaban J connectivity index is 0.726. The number of phenols is 1. The van der Waals surface area contributed by atoms with Gasteiger partial charge in [0.05, 0.1) is 64.5 Å². The molecule has 3 saturated heterocycles. The first kappa shape index (κ1) is 58.6. The maximum atomic E-state index is 17.2. The quantitative estimate of drug-likeness (QED) is 0.0505. The highest BCUT2D eigenvalue weighted by Gasteiger charge is 2.43. The van der Waals surface area contributed by atoms with E-state index in [4.69, 9.17) is 35.3 Å². The minimum atomic E-state index is -0.827. The molecule has 3 fully saturated rings. The fourth-order valence-electron chi connectivity index (χ4n) is 11.7. The molecule has 7 aromatic rings. The first-order chi connectivity index (χ1) is 40.1. The second kappa shape index (κ2) is 25.9. The molecule has 0 radical (unpaired) electrons. The number of amides is 2. The number of β-amino-alcohol motifs (C(OH)–C–C–N with tert-alkyl or cyclic N) is 1. The molecule has 0 bridgehead atoms. The molecular formula is C62H67ClFN9O9S. The van der Waals surface area contributed by atoms with Crippen LogP contribution in [0, 0.1) is 30.0 Å². The lowest BCUT2D eigenvalue weighted by molar-refractivity contribution is -0.140. The van der Waals surface area contributed by atoms with Crippen LogP contribution in [0.3, 0.4) is 0 Å². The summed E-state index contributed by atoms with van der Waals surface area (Å²) in [7, 11) is 0. The number of halogens is 2. The normalized spacial score (nSPS) is 18.6. The smallest absolute Gasteiger partial charge is 0.319 e. The van der Waals surface area contributed by atoms with Gasteiger partial charge in [-0.25, -0.2) is 9.37 Å². The van der Waals surface area contributed by atoms with E-state index in [1.807, 2.05) is 86.6 Å². The molecule has 21 heteroatoms. The number of likely N-dealkylation sites (tertiary alicyclic amines) is 2. The number of ether oxygens (including phenoxy) is 3. The lowest BCUT2D eigenvalue weighted by Crippen LogP contribution is -2.55. The number of aliphatic hydroxyl groups is 1. The van der Waals surface area contributed by atoms with Gasteiger partial charge in [0.2, 0.25) is 11.8 Å². The SMILES string of the molecule is C=CC(=O)N1CCN(c2nc(OCCN3CCC(OCCOc4cc([C@@H](C(=O)N5C[C@H](O)C[C@H]5C(=O)C[C@@H](C)c5ccc(-c6scnc6C)cc5)C(C)C)on4)CC3)nc3c(F)c(-c4cc(O)cc5ccccc45)c(Cl)cc23)C[C@@H]1CC#N. The van der Waals surface area contributed by atoms with Gasteiger partial charge in [-0.2, -0.15) is 15.2 Å². The lowest BCUT2D eigenvalue weighted by atomic mass is 9.89. The molecule has 434 valence electrons. The van der Waals surface area contributed by atoms with Crippen LogP contribution in [0.4, 0.5) is 10.2 Å². The van der Waals surface area contributed by atoms with Crippen LogP contribution in [-0.2, 0) is 19.1 Å². The monoisotopic (exact) mass is 1170 g/mol. The van der Waals surface area contributed by atoms with Gasteiger partial charge in [0, 0.05) is 75.7 Å². The van der Waals surface area contributed by atoms with E-state index in [-0.39, 0.29) is 128 Å². The Kier molecular flexibility index (Phi) is 18.3. The number of aromatic hydroxyl groups is 1. The summed E-state index contributed by atoms with van der Waals surface area (Å²) in [6.07, 6.45) is 2.33. The van der Waals surface area contributed by atoms with Gasteiger partial charge in [-0.05, 0) is 88.5 Å². The predicted octanol–water partition coefficient (Wildman–Crippen LogP) is 9.89. The molecule has 3 aliphatic rings. The number of rotatable bonds is 21. The molecule has 10 rings (SSSR count). The van der Waals surface area contributed by atoms with Gasteiger partial charge in [0.15, 0.2) is 17.4 Å². The Labute approximate surface area is 490 Å². The maximum absolute atomic E-state index is 17.2. The third-order valence-electron chi connectivity index (χ3n) is 16.1. The van der Waals surface area contributed by atoms with E-state index < -0.39 is 29.9 Å². The molecule has 0 saturated carbocycles.